The fourth-order valence-corrected chi connectivity index (χ4v) is 2.67. The molecule has 3 rings (SSSR count). The van der Waals surface area contributed by atoms with Gasteiger partial charge >= 0.3 is 6.36 Å². The highest BCUT2D eigenvalue weighted by molar-refractivity contribution is 6.09. The van der Waals surface area contributed by atoms with Crippen LogP contribution in [0.1, 0.15) is 15.9 Å². The summed E-state index contributed by atoms with van der Waals surface area (Å²) in [4.78, 5) is 12.7. The van der Waals surface area contributed by atoms with Gasteiger partial charge in [0.05, 0.1) is 11.6 Å². The average Bonchev–Trinajstić information content (AvgIpc) is 2.68. The molecule has 1 amide bonds. The first-order valence-corrected chi connectivity index (χ1v) is 8.13. The summed E-state index contributed by atoms with van der Waals surface area (Å²) in [5, 5.41) is 11.9. The summed E-state index contributed by atoms with van der Waals surface area (Å²) in [6.07, 6.45) is -4.78. The Morgan fingerprint density at radius 2 is 1.50 bits per heavy atom. The number of anilines is 1. The largest absolute Gasteiger partial charge is 0.573 e. The lowest BCUT2D eigenvalue weighted by atomic mass is 9.95. The molecule has 0 radical (unpaired) electrons. The van der Waals surface area contributed by atoms with Gasteiger partial charge in [0.2, 0.25) is 0 Å². The molecule has 0 atom stereocenters. The summed E-state index contributed by atoms with van der Waals surface area (Å²) in [5.41, 5.74) is 2.26. The molecule has 0 fully saturated rings. The Morgan fingerprint density at radius 3 is 2.14 bits per heavy atom. The van der Waals surface area contributed by atoms with Gasteiger partial charge in [0.15, 0.2) is 0 Å². The van der Waals surface area contributed by atoms with Gasteiger partial charge in [0.1, 0.15) is 5.75 Å². The maximum absolute atomic E-state index is 12.7. The minimum atomic E-state index is -4.78. The molecule has 0 unspecified atom stereocenters. The number of amides is 1. The Balaban J connectivity index is 1.85. The third-order valence-electron chi connectivity index (χ3n) is 3.86. The van der Waals surface area contributed by atoms with Crippen molar-refractivity contribution in [2.24, 2.45) is 0 Å². The van der Waals surface area contributed by atoms with E-state index in [4.69, 9.17) is 0 Å². The van der Waals surface area contributed by atoms with Crippen molar-refractivity contribution in [3.05, 3.63) is 83.9 Å². The number of hydrogen-bond acceptors (Lipinski definition) is 3. The predicted molar refractivity (Wildman–Crippen MR) is 97.7 cm³/mol. The molecule has 0 aliphatic carbocycles. The Kier molecular flexibility index (Phi) is 5.32. The van der Waals surface area contributed by atoms with E-state index in [1.165, 1.54) is 12.1 Å². The number of carbonyl (C=O) groups excluding carboxylic acids is 1. The van der Waals surface area contributed by atoms with Crippen molar-refractivity contribution in [3.8, 4) is 22.9 Å². The lowest BCUT2D eigenvalue weighted by Crippen LogP contribution is -2.17. The maximum atomic E-state index is 12.7. The summed E-state index contributed by atoms with van der Waals surface area (Å²) in [5.74, 6) is -0.832. The zero-order chi connectivity index (χ0) is 20.1. The molecule has 0 saturated carbocycles. The van der Waals surface area contributed by atoms with Gasteiger partial charge in [-0.3, -0.25) is 4.79 Å². The first-order valence-electron chi connectivity index (χ1n) is 8.13. The van der Waals surface area contributed by atoms with Crippen LogP contribution in [0.15, 0.2) is 72.8 Å². The maximum Gasteiger partial charge on any atom is 0.573 e. The van der Waals surface area contributed by atoms with Gasteiger partial charge in [-0.15, -0.1) is 13.2 Å². The molecule has 140 valence electrons. The predicted octanol–water partition coefficient (Wildman–Crippen LogP) is 5.38. The van der Waals surface area contributed by atoms with Crippen molar-refractivity contribution >= 4 is 11.6 Å². The molecule has 0 bridgehead atoms. The number of rotatable bonds is 4. The van der Waals surface area contributed by atoms with Crippen LogP contribution in [-0.4, -0.2) is 12.3 Å². The van der Waals surface area contributed by atoms with E-state index in [9.17, 15) is 23.2 Å². The highest BCUT2D eigenvalue weighted by atomic mass is 19.4. The van der Waals surface area contributed by atoms with Crippen molar-refractivity contribution in [2.75, 3.05) is 5.32 Å². The topological polar surface area (TPSA) is 62.1 Å². The highest BCUT2D eigenvalue weighted by Crippen LogP contribution is 2.28. The van der Waals surface area contributed by atoms with Gasteiger partial charge < -0.3 is 10.1 Å². The number of benzene rings is 3. The van der Waals surface area contributed by atoms with Gasteiger partial charge in [0.25, 0.3) is 5.91 Å². The van der Waals surface area contributed by atoms with Crippen LogP contribution in [0, 0.1) is 11.3 Å². The number of halogens is 3. The summed E-state index contributed by atoms with van der Waals surface area (Å²) < 4.78 is 40.5. The molecule has 0 saturated heterocycles. The van der Waals surface area contributed by atoms with Gasteiger partial charge in [-0.1, -0.05) is 36.4 Å². The molecule has 28 heavy (non-hydrogen) atoms. The van der Waals surface area contributed by atoms with Crippen molar-refractivity contribution in [1.82, 2.24) is 0 Å². The zero-order valence-corrected chi connectivity index (χ0v) is 14.3. The molecule has 0 aromatic heterocycles. The van der Waals surface area contributed by atoms with Gasteiger partial charge in [0, 0.05) is 16.8 Å². The van der Waals surface area contributed by atoms with Crippen LogP contribution in [0.5, 0.6) is 5.75 Å². The van der Waals surface area contributed by atoms with Crippen LogP contribution in [0.2, 0.25) is 0 Å². The molecule has 1 N–H and O–H groups in total. The standard InChI is InChI=1S/C21H13F3N2O2/c22-21(23,24)28-16-11-9-15(10-12-16)26-20(27)19-8-4-3-7-18(19)17-6-2-1-5-14(17)13-25/h1-12H,(H,26,27). The molecule has 3 aromatic rings. The molecular weight excluding hydrogens is 369 g/mol. The Morgan fingerprint density at radius 1 is 0.893 bits per heavy atom. The SMILES string of the molecule is N#Cc1ccccc1-c1ccccc1C(=O)Nc1ccc(OC(F)(F)F)cc1. The third kappa shape index (κ3) is 4.48. The van der Waals surface area contributed by atoms with Gasteiger partial charge in [-0.05, 0) is 42.0 Å². The Hall–Kier alpha value is -3.79. The van der Waals surface area contributed by atoms with Gasteiger partial charge in [-0.25, -0.2) is 0 Å². The number of nitrogens with zero attached hydrogens (tertiary/aromatic N) is 1. The second-order valence-electron chi connectivity index (χ2n) is 5.73. The summed E-state index contributed by atoms with van der Waals surface area (Å²) in [6.45, 7) is 0. The van der Waals surface area contributed by atoms with Crippen molar-refractivity contribution in [3.63, 3.8) is 0 Å². The van der Waals surface area contributed by atoms with Crippen molar-refractivity contribution in [2.45, 2.75) is 6.36 Å². The lowest BCUT2D eigenvalue weighted by Gasteiger charge is -2.12. The lowest BCUT2D eigenvalue weighted by molar-refractivity contribution is -0.274. The second-order valence-corrected chi connectivity index (χ2v) is 5.73. The molecule has 3 aromatic carbocycles. The number of alkyl halides is 3. The van der Waals surface area contributed by atoms with E-state index in [0.29, 0.717) is 27.9 Å². The number of nitriles is 1. The van der Waals surface area contributed by atoms with Crippen molar-refractivity contribution in [1.29, 1.82) is 5.26 Å². The molecule has 0 aliphatic rings. The zero-order valence-electron chi connectivity index (χ0n) is 14.3. The molecule has 0 aliphatic heterocycles. The fourth-order valence-electron chi connectivity index (χ4n) is 2.67. The molecular formula is C21H13F3N2O2. The van der Waals surface area contributed by atoms with E-state index in [1.807, 2.05) is 0 Å². The van der Waals surface area contributed by atoms with E-state index in [-0.39, 0.29) is 5.75 Å². The van der Waals surface area contributed by atoms with E-state index in [0.717, 1.165) is 12.1 Å². The number of ether oxygens (including phenoxy) is 1. The van der Waals surface area contributed by atoms with E-state index in [1.54, 1.807) is 48.5 Å². The first-order chi connectivity index (χ1) is 13.4. The normalized spacial score (nSPS) is 10.8. The third-order valence-corrected chi connectivity index (χ3v) is 3.86. The fraction of sp³-hybridized carbons (Fsp3) is 0.0476. The van der Waals surface area contributed by atoms with Crippen LogP contribution in [0.3, 0.4) is 0 Å². The molecule has 7 heteroatoms. The minimum absolute atomic E-state index is 0.308. The molecule has 0 spiro atoms. The molecule has 4 nitrogen and oxygen atoms in total. The monoisotopic (exact) mass is 382 g/mol. The highest BCUT2D eigenvalue weighted by Gasteiger charge is 2.31. The van der Waals surface area contributed by atoms with Crippen LogP contribution >= 0.6 is 0 Å². The quantitative estimate of drug-likeness (QED) is 0.659. The van der Waals surface area contributed by atoms with Crippen LogP contribution in [0.25, 0.3) is 11.1 Å². The van der Waals surface area contributed by atoms with Crippen molar-refractivity contribution < 1.29 is 22.7 Å². The average molecular weight is 382 g/mol. The van der Waals surface area contributed by atoms with E-state index >= 15 is 0 Å². The second kappa shape index (κ2) is 7.84. The molecule has 0 heterocycles. The number of hydrogen-bond donors (Lipinski definition) is 1. The number of nitrogens with one attached hydrogen (secondary N) is 1. The van der Waals surface area contributed by atoms with Gasteiger partial charge in [-0.2, -0.15) is 5.26 Å². The van der Waals surface area contributed by atoms with Crippen LogP contribution < -0.4 is 10.1 Å². The smallest absolute Gasteiger partial charge is 0.406 e. The number of carbonyl (C=O) groups is 1. The Labute approximate surface area is 158 Å². The first kappa shape index (κ1) is 19.0. The van der Waals surface area contributed by atoms with Crippen LogP contribution in [0.4, 0.5) is 18.9 Å². The van der Waals surface area contributed by atoms with Crippen LogP contribution in [-0.2, 0) is 0 Å². The minimum Gasteiger partial charge on any atom is -0.406 e. The summed E-state index contributed by atoms with van der Waals surface area (Å²) in [6, 6.07) is 20.6. The Bertz CT molecular complexity index is 1040. The van der Waals surface area contributed by atoms with E-state index in [2.05, 4.69) is 16.1 Å². The van der Waals surface area contributed by atoms with E-state index < -0.39 is 12.3 Å². The summed E-state index contributed by atoms with van der Waals surface area (Å²) in [7, 11) is 0. The summed E-state index contributed by atoms with van der Waals surface area (Å²) >= 11 is 0.